The second-order valence-electron chi connectivity index (χ2n) is 5.58. The van der Waals surface area contributed by atoms with E-state index in [1.165, 1.54) is 10.6 Å². The summed E-state index contributed by atoms with van der Waals surface area (Å²) in [4.78, 5) is 10.00. The highest BCUT2D eigenvalue weighted by Crippen LogP contribution is 2.36. The topological polar surface area (TPSA) is 37.8 Å². The molecule has 0 bridgehead atoms. The second-order valence-corrected chi connectivity index (χ2v) is 7.04. The minimum atomic E-state index is -0.206. The van der Waals surface area contributed by atoms with E-state index < -0.39 is 0 Å². The van der Waals surface area contributed by atoms with Gasteiger partial charge in [0.1, 0.15) is 0 Å². The molecular weight excluding hydrogens is 346 g/mol. The molecule has 0 radical (unpaired) electrons. The Labute approximate surface area is 151 Å². The number of hydrogen-bond acceptors (Lipinski definition) is 6. The van der Waals surface area contributed by atoms with Gasteiger partial charge in [-0.15, -0.1) is 11.3 Å². The number of rotatable bonds is 7. The summed E-state index contributed by atoms with van der Waals surface area (Å²) < 4.78 is 12.3. The summed E-state index contributed by atoms with van der Waals surface area (Å²) in [6.45, 7) is 6.77. The molecule has 0 fully saturated rings. The summed E-state index contributed by atoms with van der Waals surface area (Å²) in [5.41, 5.74) is 2.11. The SMILES string of the molecule is CCOC(CN1C=C(c2cc3nccc(Cl)c3s2)N(C)C1)OCC. The molecule has 0 spiro atoms. The standard InChI is InChI=1S/C17H22ClN3O2S/c1-4-22-16(23-5-2)10-21-9-14(20(3)11-21)15-8-13-17(24-15)12(18)6-7-19-13/h6-9,16H,4-5,10-11H2,1-3H3. The molecule has 1 aliphatic heterocycles. The highest BCUT2D eigenvalue weighted by atomic mass is 35.5. The van der Waals surface area contributed by atoms with Crippen molar-refractivity contribution in [2.24, 2.45) is 0 Å². The van der Waals surface area contributed by atoms with E-state index in [4.69, 9.17) is 21.1 Å². The van der Waals surface area contributed by atoms with E-state index >= 15 is 0 Å². The van der Waals surface area contributed by atoms with Crippen molar-refractivity contribution in [2.75, 3.05) is 33.5 Å². The van der Waals surface area contributed by atoms with Gasteiger partial charge in [-0.3, -0.25) is 4.98 Å². The predicted octanol–water partition coefficient (Wildman–Crippen LogP) is 3.85. The normalized spacial score (nSPS) is 15.0. The maximum absolute atomic E-state index is 6.27. The molecule has 3 rings (SSSR count). The Morgan fingerprint density at radius 3 is 2.75 bits per heavy atom. The minimum Gasteiger partial charge on any atom is -0.355 e. The summed E-state index contributed by atoms with van der Waals surface area (Å²) >= 11 is 7.95. The first kappa shape index (κ1) is 17.5. The van der Waals surface area contributed by atoms with Crippen LogP contribution in [0.25, 0.3) is 15.9 Å². The van der Waals surface area contributed by atoms with E-state index in [-0.39, 0.29) is 6.29 Å². The fourth-order valence-electron chi connectivity index (χ4n) is 2.77. The Kier molecular flexibility index (Phi) is 5.61. The van der Waals surface area contributed by atoms with E-state index in [2.05, 4.69) is 34.1 Å². The number of pyridine rings is 1. The first-order chi connectivity index (χ1) is 11.6. The molecule has 1 aliphatic rings. The number of aromatic nitrogens is 1. The molecule has 2 aromatic rings. The van der Waals surface area contributed by atoms with Crippen LogP contribution in [0.4, 0.5) is 0 Å². The summed E-state index contributed by atoms with van der Waals surface area (Å²) in [7, 11) is 2.08. The molecule has 0 amide bonds. The lowest BCUT2D eigenvalue weighted by Gasteiger charge is -2.24. The smallest absolute Gasteiger partial charge is 0.174 e. The van der Waals surface area contributed by atoms with Gasteiger partial charge in [-0.2, -0.15) is 0 Å². The first-order valence-electron chi connectivity index (χ1n) is 8.07. The molecule has 5 nitrogen and oxygen atoms in total. The van der Waals surface area contributed by atoms with Crippen molar-refractivity contribution in [3.05, 3.63) is 34.4 Å². The van der Waals surface area contributed by atoms with Crippen LogP contribution in [-0.4, -0.2) is 54.5 Å². The largest absolute Gasteiger partial charge is 0.355 e. The Bertz CT molecular complexity index is 728. The van der Waals surface area contributed by atoms with Crippen molar-refractivity contribution in [1.29, 1.82) is 0 Å². The third-order valence-corrected chi connectivity index (χ3v) is 5.42. The zero-order chi connectivity index (χ0) is 17.1. The molecule has 0 N–H and O–H groups in total. The summed E-state index contributed by atoms with van der Waals surface area (Å²) in [5.74, 6) is 0. The van der Waals surface area contributed by atoms with Crippen LogP contribution >= 0.6 is 22.9 Å². The highest BCUT2D eigenvalue weighted by molar-refractivity contribution is 7.20. The number of hydrogen-bond donors (Lipinski definition) is 0. The fraction of sp³-hybridized carbons (Fsp3) is 0.471. The summed E-state index contributed by atoms with van der Waals surface area (Å²) in [6, 6.07) is 3.93. The maximum atomic E-state index is 6.27. The number of ether oxygens (including phenoxy) is 2. The Morgan fingerprint density at radius 2 is 2.08 bits per heavy atom. The van der Waals surface area contributed by atoms with Crippen LogP contribution in [0.15, 0.2) is 24.5 Å². The monoisotopic (exact) mass is 367 g/mol. The second kappa shape index (κ2) is 7.70. The third kappa shape index (κ3) is 3.67. The molecule has 0 saturated heterocycles. The predicted molar refractivity (Wildman–Crippen MR) is 99.0 cm³/mol. The van der Waals surface area contributed by atoms with Crippen LogP contribution in [-0.2, 0) is 9.47 Å². The lowest BCUT2D eigenvalue weighted by atomic mass is 10.3. The van der Waals surface area contributed by atoms with Crippen molar-refractivity contribution >= 4 is 38.9 Å². The van der Waals surface area contributed by atoms with Gasteiger partial charge in [-0.25, -0.2) is 0 Å². The van der Waals surface area contributed by atoms with E-state index in [0.29, 0.717) is 19.8 Å². The minimum absolute atomic E-state index is 0.206. The van der Waals surface area contributed by atoms with Gasteiger partial charge in [0.2, 0.25) is 0 Å². The van der Waals surface area contributed by atoms with Crippen molar-refractivity contribution in [1.82, 2.24) is 14.8 Å². The lowest BCUT2D eigenvalue weighted by molar-refractivity contribution is -0.143. The van der Waals surface area contributed by atoms with Gasteiger partial charge in [-0.05, 0) is 26.0 Å². The molecule has 0 atom stereocenters. The van der Waals surface area contributed by atoms with Crippen LogP contribution in [0.1, 0.15) is 18.7 Å². The summed E-state index contributed by atoms with van der Waals surface area (Å²) in [5, 5.41) is 0.752. The van der Waals surface area contributed by atoms with Crippen LogP contribution in [0, 0.1) is 0 Å². The highest BCUT2D eigenvalue weighted by Gasteiger charge is 2.23. The molecule has 2 aromatic heterocycles. The van der Waals surface area contributed by atoms with Gasteiger partial charge in [0.15, 0.2) is 6.29 Å². The molecule has 0 aliphatic carbocycles. The molecule has 7 heteroatoms. The van der Waals surface area contributed by atoms with Gasteiger partial charge >= 0.3 is 0 Å². The molecule has 0 unspecified atom stereocenters. The average Bonchev–Trinajstić information content (AvgIpc) is 3.12. The van der Waals surface area contributed by atoms with E-state index in [1.54, 1.807) is 17.5 Å². The van der Waals surface area contributed by atoms with E-state index in [9.17, 15) is 0 Å². The van der Waals surface area contributed by atoms with Gasteiger partial charge in [0.05, 0.1) is 39.0 Å². The maximum Gasteiger partial charge on any atom is 0.174 e. The number of nitrogens with zero attached hydrogens (tertiary/aromatic N) is 3. The van der Waals surface area contributed by atoms with Crippen molar-refractivity contribution < 1.29 is 9.47 Å². The molecular formula is C17H22ClN3O2S. The molecule has 24 heavy (non-hydrogen) atoms. The quantitative estimate of drug-likeness (QED) is 0.695. The van der Waals surface area contributed by atoms with Crippen LogP contribution in [0.3, 0.4) is 0 Å². The molecule has 130 valence electrons. The van der Waals surface area contributed by atoms with Gasteiger partial charge in [-0.1, -0.05) is 11.6 Å². The van der Waals surface area contributed by atoms with Gasteiger partial charge in [0.25, 0.3) is 0 Å². The van der Waals surface area contributed by atoms with Crippen molar-refractivity contribution in [2.45, 2.75) is 20.1 Å². The van der Waals surface area contributed by atoms with Crippen LogP contribution in [0.5, 0.6) is 0 Å². The van der Waals surface area contributed by atoms with E-state index in [0.717, 1.165) is 21.9 Å². The number of thiophene rings is 1. The van der Waals surface area contributed by atoms with Gasteiger partial charge in [0, 0.05) is 32.7 Å². The lowest BCUT2D eigenvalue weighted by Crippen LogP contribution is -2.34. The summed E-state index contributed by atoms with van der Waals surface area (Å²) in [6.07, 6.45) is 3.70. The molecule has 0 saturated carbocycles. The number of halogens is 1. The van der Waals surface area contributed by atoms with Crippen molar-refractivity contribution in [3.8, 4) is 0 Å². The zero-order valence-electron chi connectivity index (χ0n) is 14.2. The molecule has 3 heterocycles. The van der Waals surface area contributed by atoms with Crippen LogP contribution in [0.2, 0.25) is 5.02 Å². The number of fused-ring (bicyclic) bond motifs is 1. The van der Waals surface area contributed by atoms with Crippen LogP contribution < -0.4 is 0 Å². The van der Waals surface area contributed by atoms with Gasteiger partial charge < -0.3 is 19.3 Å². The first-order valence-corrected chi connectivity index (χ1v) is 9.26. The Balaban J connectivity index is 1.80. The third-order valence-electron chi connectivity index (χ3n) is 3.81. The average molecular weight is 368 g/mol. The Hall–Kier alpha value is -1.34. The Morgan fingerprint density at radius 1 is 1.33 bits per heavy atom. The zero-order valence-corrected chi connectivity index (χ0v) is 15.7. The molecule has 0 aromatic carbocycles. The van der Waals surface area contributed by atoms with Crippen molar-refractivity contribution in [3.63, 3.8) is 0 Å². The fourth-order valence-corrected chi connectivity index (χ4v) is 4.13. The van der Waals surface area contributed by atoms with E-state index in [1.807, 2.05) is 19.9 Å².